The van der Waals surface area contributed by atoms with E-state index in [0.29, 0.717) is 37.9 Å². The first-order chi connectivity index (χ1) is 25.7. The van der Waals surface area contributed by atoms with Gasteiger partial charge < -0.3 is 5.11 Å². The van der Waals surface area contributed by atoms with Gasteiger partial charge in [-0.3, -0.25) is 29.5 Å². The molecule has 3 heterocycles. The fourth-order valence-electron chi connectivity index (χ4n) is 8.87. The lowest BCUT2D eigenvalue weighted by molar-refractivity contribution is -0.142. The van der Waals surface area contributed by atoms with E-state index in [0.717, 1.165) is 5.56 Å². The number of halogens is 6. The van der Waals surface area contributed by atoms with Crippen molar-refractivity contribution in [2.45, 2.75) is 36.9 Å². The summed E-state index contributed by atoms with van der Waals surface area (Å²) in [5.74, 6) is -7.39. The van der Waals surface area contributed by atoms with Crippen molar-refractivity contribution in [1.29, 1.82) is 0 Å². The minimum atomic E-state index is -4.75. The zero-order valence-corrected chi connectivity index (χ0v) is 31.0. The van der Waals surface area contributed by atoms with Crippen LogP contribution in [-0.4, -0.2) is 43.6 Å². The number of pyridine rings is 1. The first kappa shape index (κ1) is 36.3. The van der Waals surface area contributed by atoms with Gasteiger partial charge in [0.15, 0.2) is 5.82 Å². The minimum absolute atomic E-state index is 0.0456. The number of benzene rings is 3. The van der Waals surface area contributed by atoms with Crippen LogP contribution >= 0.6 is 39.1 Å². The van der Waals surface area contributed by atoms with Crippen LogP contribution in [0.1, 0.15) is 41.0 Å². The third kappa shape index (κ3) is 5.62. The summed E-state index contributed by atoms with van der Waals surface area (Å²) in [7, 11) is 0. The summed E-state index contributed by atoms with van der Waals surface area (Å²) in [5, 5.41) is 12.1. The molecule has 4 aliphatic rings. The number of rotatable bonds is 6. The van der Waals surface area contributed by atoms with Gasteiger partial charge in [0, 0.05) is 27.2 Å². The molecule has 6 atom stereocenters. The van der Waals surface area contributed by atoms with Gasteiger partial charge in [-0.05, 0) is 66.3 Å². The number of alkyl halides is 3. The van der Waals surface area contributed by atoms with Gasteiger partial charge in [-0.25, -0.2) is 4.98 Å². The fraction of sp³-hybridized carbons (Fsp3) is 0.256. The molecule has 15 heteroatoms. The van der Waals surface area contributed by atoms with E-state index in [1.165, 1.54) is 11.0 Å². The lowest BCUT2D eigenvalue weighted by atomic mass is 9.49. The number of phenols is 1. The van der Waals surface area contributed by atoms with E-state index in [2.05, 4.69) is 26.3 Å². The molecule has 9 nitrogen and oxygen atoms in total. The van der Waals surface area contributed by atoms with Gasteiger partial charge in [-0.15, -0.1) is 0 Å². The Kier molecular flexibility index (Phi) is 8.89. The second kappa shape index (κ2) is 13.2. The van der Waals surface area contributed by atoms with Crippen LogP contribution < -0.4 is 5.43 Å². The number of hydrogen-bond donors (Lipinski definition) is 2. The second-order valence-corrected chi connectivity index (χ2v) is 15.6. The van der Waals surface area contributed by atoms with E-state index < -0.39 is 69.5 Å². The average Bonchev–Trinajstić information content (AvgIpc) is 3.51. The van der Waals surface area contributed by atoms with Crippen LogP contribution in [0.4, 0.5) is 19.0 Å². The smallest absolute Gasteiger partial charge is 0.417 e. The van der Waals surface area contributed by atoms with Gasteiger partial charge >= 0.3 is 6.18 Å². The van der Waals surface area contributed by atoms with Crippen LogP contribution in [-0.2, 0) is 37.3 Å². The molecule has 0 spiro atoms. The Hall–Kier alpha value is -4.72. The molecular weight excluding hydrogens is 812 g/mol. The molecule has 2 saturated heterocycles. The summed E-state index contributed by atoms with van der Waals surface area (Å²) in [6, 6.07) is 20.8. The maximum atomic E-state index is 15.3. The molecule has 3 aromatic carbocycles. The largest absolute Gasteiger partial charge is 0.508 e. The lowest BCUT2D eigenvalue weighted by Gasteiger charge is -2.50. The van der Waals surface area contributed by atoms with E-state index in [9.17, 15) is 32.7 Å². The molecule has 54 heavy (non-hydrogen) atoms. The first-order valence-electron chi connectivity index (χ1n) is 16.9. The Balaban J connectivity index is 1.30. The Morgan fingerprint density at radius 3 is 2.33 bits per heavy atom. The third-order valence-corrected chi connectivity index (χ3v) is 12.2. The van der Waals surface area contributed by atoms with Crippen molar-refractivity contribution in [2.75, 3.05) is 5.43 Å². The summed E-state index contributed by atoms with van der Waals surface area (Å²) < 4.78 is 40.9. The molecule has 276 valence electrons. The predicted octanol–water partition coefficient (Wildman–Crippen LogP) is 8.06. The van der Waals surface area contributed by atoms with E-state index in [1.54, 1.807) is 36.4 Å². The number of aromatic hydroxyl groups is 1. The number of hydrogen-bond acceptors (Lipinski definition) is 7. The van der Waals surface area contributed by atoms with Crippen molar-refractivity contribution in [2.24, 2.45) is 23.7 Å². The third-order valence-electron chi connectivity index (χ3n) is 11.1. The maximum Gasteiger partial charge on any atom is 0.417 e. The number of amides is 4. The summed E-state index contributed by atoms with van der Waals surface area (Å²) in [6.45, 7) is 0.0670. The van der Waals surface area contributed by atoms with Crippen molar-refractivity contribution in [3.05, 3.63) is 133 Å². The van der Waals surface area contributed by atoms with Crippen molar-refractivity contribution in [3.63, 3.8) is 0 Å². The molecule has 8 rings (SSSR count). The number of aromatic nitrogens is 1. The summed E-state index contributed by atoms with van der Waals surface area (Å²) in [6.07, 6.45) is -2.24. The molecule has 3 fully saturated rings. The zero-order valence-electron chi connectivity index (χ0n) is 27.9. The number of nitrogens with one attached hydrogen (secondary N) is 1. The highest BCUT2D eigenvalue weighted by atomic mass is 79.9. The van der Waals surface area contributed by atoms with Crippen molar-refractivity contribution < 1.29 is 37.5 Å². The normalized spacial score (nSPS) is 26.4. The number of imide groups is 2. The van der Waals surface area contributed by atoms with Crippen LogP contribution in [0.25, 0.3) is 0 Å². The minimum Gasteiger partial charge on any atom is -0.508 e. The molecule has 4 amide bonds. The van der Waals surface area contributed by atoms with Crippen molar-refractivity contribution in [1.82, 2.24) is 14.9 Å². The SMILES string of the molecule is O=C1[C@H]2[C@H](CC=C3[C@H]2C[C@H]2C(=O)N(Nc4ncc(C(F)(F)F)cc4Cl)C(=O)[C@@]2(c2ccc(Cl)cc2)[C@H]3c2cc(Br)ccc2O)C(=O)N1Cc1ccccc1. The predicted molar refractivity (Wildman–Crippen MR) is 195 cm³/mol. The van der Waals surface area contributed by atoms with Crippen LogP contribution in [0, 0.1) is 23.7 Å². The molecular formula is C39H28BrCl2F3N4O5. The van der Waals surface area contributed by atoms with Crippen molar-refractivity contribution in [3.8, 4) is 5.75 Å². The Morgan fingerprint density at radius 1 is 0.926 bits per heavy atom. The fourth-order valence-corrected chi connectivity index (χ4v) is 9.58. The number of allylic oxidation sites excluding steroid dienone is 2. The van der Waals surface area contributed by atoms with E-state index in [1.807, 2.05) is 36.4 Å². The number of carbonyl (C=O) groups excluding carboxylic acids is 4. The Bertz CT molecular complexity index is 2270. The van der Waals surface area contributed by atoms with Crippen LogP contribution in [0.3, 0.4) is 0 Å². The van der Waals surface area contributed by atoms with Gasteiger partial charge in [-0.2, -0.15) is 18.2 Å². The van der Waals surface area contributed by atoms with Crippen LogP contribution in [0.5, 0.6) is 5.75 Å². The van der Waals surface area contributed by atoms with Gasteiger partial charge in [0.1, 0.15) is 5.75 Å². The standard InChI is InChI=1S/C39H28BrCl2F3N4O5/c40-22-8-13-30(50)27(15-22)32-24-11-12-25-31(36(53)48(34(25)51)18-19-4-2-1-3-5-19)26(24)16-28-35(52)49(37(54)38(28,32)20-6-9-23(41)10-7-20)47-33-29(42)14-21(17-46-33)39(43,44)45/h1-11,13-15,17,25-26,28,31-32,50H,12,16,18H2,(H,46,47)/t25-,26+,28-,31-,32+,38+/m0/s1. The number of phenolic OH excluding ortho intramolecular Hbond substituents is 1. The average molecular weight is 840 g/mol. The summed E-state index contributed by atoms with van der Waals surface area (Å²) >= 11 is 16.1. The number of nitrogens with zero attached hydrogens (tertiary/aromatic N) is 3. The lowest BCUT2D eigenvalue weighted by Crippen LogP contribution is -2.53. The molecule has 1 saturated carbocycles. The summed E-state index contributed by atoms with van der Waals surface area (Å²) in [4.78, 5) is 63.4. The second-order valence-electron chi connectivity index (χ2n) is 13.9. The van der Waals surface area contributed by atoms with E-state index in [4.69, 9.17) is 23.2 Å². The number of fused-ring (bicyclic) bond motifs is 4. The van der Waals surface area contributed by atoms with Gasteiger partial charge in [0.05, 0.1) is 40.3 Å². The highest BCUT2D eigenvalue weighted by molar-refractivity contribution is 9.10. The molecule has 2 aliphatic heterocycles. The topological polar surface area (TPSA) is 120 Å². The number of hydrazine groups is 1. The van der Waals surface area contributed by atoms with E-state index in [-0.39, 0.29) is 42.4 Å². The Labute approximate surface area is 324 Å². The molecule has 4 aromatic rings. The van der Waals surface area contributed by atoms with Crippen LogP contribution in [0.2, 0.25) is 10.0 Å². The van der Waals surface area contributed by atoms with Gasteiger partial charge in [0.2, 0.25) is 11.8 Å². The maximum absolute atomic E-state index is 15.3. The molecule has 0 radical (unpaired) electrons. The molecule has 2 aliphatic carbocycles. The Morgan fingerprint density at radius 2 is 1.65 bits per heavy atom. The number of likely N-dealkylation sites (tertiary alicyclic amines) is 1. The number of carbonyl (C=O) groups is 4. The molecule has 1 aromatic heterocycles. The molecule has 2 N–H and O–H groups in total. The highest BCUT2D eigenvalue weighted by Gasteiger charge is 2.70. The van der Waals surface area contributed by atoms with E-state index >= 15 is 4.79 Å². The first-order valence-corrected chi connectivity index (χ1v) is 18.5. The monoisotopic (exact) mass is 838 g/mol. The molecule has 0 bridgehead atoms. The molecule has 0 unspecified atom stereocenters. The highest BCUT2D eigenvalue weighted by Crippen LogP contribution is 2.65. The van der Waals surface area contributed by atoms with Crippen LogP contribution in [0.15, 0.2) is 101 Å². The van der Waals surface area contributed by atoms with Crippen molar-refractivity contribution >= 4 is 68.6 Å². The van der Waals surface area contributed by atoms with Gasteiger partial charge in [-0.1, -0.05) is 93.2 Å². The van der Waals surface area contributed by atoms with Gasteiger partial charge in [0.25, 0.3) is 11.8 Å². The summed E-state index contributed by atoms with van der Waals surface area (Å²) in [5.41, 5.74) is 1.72. The number of anilines is 1. The quantitative estimate of drug-likeness (QED) is 0.149. The zero-order chi connectivity index (χ0) is 38.3.